The molecule has 21 heavy (non-hydrogen) atoms. The van der Waals surface area contributed by atoms with E-state index in [0.717, 1.165) is 24.6 Å². The lowest BCUT2D eigenvalue weighted by Crippen LogP contribution is -2.54. The molecule has 0 aromatic rings. The van der Waals surface area contributed by atoms with Crippen LogP contribution in [0.2, 0.25) is 0 Å². The maximum absolute atomic E-state index is 12.4. The third-order valence-electron chi connectivity index (χ3n) is 3.64. The second kappa shape index (κ2) is 7.47. The van der Waals surface area contributed by atoms with Gasteiger partial charge in [0.05, 0.1) is 7.11 Å². The van der Waals surface area contributed by atoms with Gasteiger partial charge in [-0.1, -0.05) is 15.9 Å². The summed E-state index contributed by atoms with van der Waals surface area (Å²) < 4.78 is 10.4. The standard InChI is InChI=1S/C15H26BrNO4/c1-14(2,3)21-13(19)17-11-7-9-15(17,12(18)20-4)8-5-6-10-16/h5-11H2,1-4H3. The number of nitrogens with zero attached hydrogens (tertiary/aromatic N) is 1. The molecule has 0 bridgehead atoms. The van der Waals surface area contributed by atoms with E-state index in [1.807, 2.05) is 20.8 Å². The SMILES string of the molecule is COC(=O)C1(CCCCBr)CCCN1C(=O)OC(C)(C)C. The fourth-order valence-electron chi connectivity index (χ4n) is 2.74. The van der Waals surface area contributed by atoms with Crippen LogP contribution in [0.15, 0.2) is 0 Å². The molecule has 0 aromatic heterocycles. The van der Waals surface area contributed by atoms with Crippen LogP contribution in [0, 0.1) is 0 Å². The topological polar surface area (TPSA) is 55.8 Å². The van der Waals surface area contributed by atoms with Crippen LogP contribution in [0.4, 0.5) is 4.79 Å². The van der Waals surface area contributed by atoms with Crippen molar-refractivity contribution in [2.75, 3.05) is 19.0 Å². The zero-order valence-electron chi connectivity index (χ0n) is 13.4. The molecular weight excluding hydrogens is 338 g/mol. The summed E-state index contributed by atoms with van der Waals surface area (Å²) in [5.74, 6) is -0.333. The largest absolute Gasteiger partial charge is 0.467 e. The van der Waals surface area contributed by atoms with Crippen molar-refractivity contribution in [2.45, 2.75) is 64.0 Å². The summed E-state index contributed by atoms with van der Waals surface area (Å²) in [5.41, 5.74) is -1.43. The zero-order chi connectivity index (χ0) is 16.1. The average molecular weight is 364 g/mol. The van der Waals surface area contributed by atoms with Crippen molar-refractivity contribution in [1.29, 1.82) is 0 Å². The zero-order valence-corrected chi connectivity index (χ0v) is 15.0. The minimum absolute atomic E-state index is 0.333. The Labute approximate surface area is 135 Å². The summed E-state index contributed by atoms with van der Waals surface area (Å²) in [6.45, 7) is 6.02. The van der Waals surface area contributed by atoms with Gasteiger partial charge >= 0.3 is 12.1 Å². The number of likely N-dealkylation sites (tertiary alicyclic amines) is 1. The second-order valence-electron chi connectivity index (χ2n) is 6.40. The number of carbonyl (C=O) groups excluding carboxylic acids is 2. The molecule has 1 amide bonds. The van der Waals surface area contributed by atoms with Gasteiger partial charge < -0.3 is 9.47 Å². The summed E-state index contributed by atoms with van der Waals surface area (Å²) in [6.07, 6.45) is 3.44. The molecule has 0 aromatic carbocycles. The number of hydrogen-bond donors (Lipinski definition) is 0. The Bertz CT molecular complexity index is 380. The van der Waals surface area contributed by atoms with Crippen molar-refractivity contribution in [1.82, 2.24) is 4.90 Å². The first kappa shape index (κ1) is 18.3. The molecule has 1 heterocycles. The van der Waals surface area contributed by atoms with E-state index >= 15 is 0 Å². The van der Waals surface area contributed by atoms with E-state index < -0.39 is 17.2 Å². The number of esters is 1. The summed E-state index contributed by atoms with van der Waals surface area (Å²) >= 11 is 3.39. The molecule has 1 fully saturated rings. The molecule has 1 atom stereocenters. The van der Waals surface area contributed by atoms with Crippen molar-refractivity contribution < 1.29 is 19.1 Å². The lowest BCUT2D eigenvalue weighted by atomic mass is 9.90. The lowest BCUT2D eigenvalue weighted by molar-refractivity contribution is -0.153. The van der Waals surface area contributed by atoms with Crippen LogP contribution < -0.4 is 0 Å². The number of halogens is 1. The molecule has 122 valence electrons. The van der Waals surface area contributed by atoms with Crippen LogP contribution in [-0.2, 0) is 14.3 Å². The fraction of sp³-hybridized carbons (Fsp3) is 0.867. The van der Waals surface area contributed by atoms with Crippen LogP contribution >= 0.6 is 15.9 Å². The van der Waals surface area contributed by atoms with Gasteiger partial charge in [0.2, 0.25) is 0 Å². The Morgan fingerprint density at radius 2 is 1.95 bits per heavy atom. The first-order chi connectivity index (χ1) is 9.77. The number of carbonyl (C=O) groups is 2. The molecule has 1 unspecified atom stereocenters. The highest BCUT2D eigenvalue weighted by Crippen LogP contribution is 2.36. The summed E-state index contributed by atoms with van der Waals surface area (Å²) in [4.78, 5) is 26.3. The van der Waals surface area contributed by atoms with Crippen molar-refractivity contribution in [3.63, 3.8) is 0 Å². The minimum atomic E-state index is -0.862. The van der Waals surface area contributed by atoms with Gasteiger partial charge in [-0.3, -0.25) is 4.90 Å². The van der Waals surface area contributed by atoms with Crippen molar-refractivity contribution in [3.05, 3.63) is 0 Å². The molecule has 0 saturated carbocycles. The van der Waals surface area contributed by atoms with Gasteiger partial charge in [-0.05, 0) is 52.9 Å². The Kier molecular flexibility index (Phi) is 6.50. The molecule has 5 nitrogen and oxygen atoms in total. The summed E-state index contributed by atoms with van der Waals surface area (Å²) in [7, 11) is 1.38. The Hall–Kier alpha value is -0.780. The quantitative estimate of drug-likeness (QED) is 0.426. The van der Waals surface area contributed by atoms with Crippen molar-refractivity contribution in [3.8, 4) is 0 Å². The lowest BCUT2D eigenvalue weighted by Gasteiger charge is -2.36. The van der Waals surface area contributed by atoms with E-state index in [9.17, 15) is 9.59 Å². The number of amides is 1. The van der Waals surface area contributed by atoms with Gasteiger partial charge in [0.1, 0.15) is 11.1 Å². The Morgan fingerprint density at radius 3 is 2.48 bits per heavy atom. The predicted octanol–water partition coefficient (Wildman–Crippen LogP) is 3.49. The van der Waals surface area contributed by atoms with Crippen LogP contribution in [0.1, 0.15) is 52.9 Å². The average Bonchev–Trinajstić information content (AvgIpc) is 2.81. The van der Waals surface area contributed by atoms with E-state index in [1.54, 1.807) is 4.90 Å². The first-order valence-corrected chi connectivity index (χ1v) is 8.54. The number of methoxy groups -OCH3 is 1. The minimum Gasteiger partial charge on any atom is -0.467 e. The van der Waals surface area contributed by atoms with Crippen LogP contribution in [-0.4, -0.2) is 47.1 Å². The van der Waals surface area contributed by atoms with Gasteiger partial charge in [-0.15, -0.1) is 0 Å². The van der Waals surface area contributed by atoms with E-state index in [1.165, 1.54) is 7.11 Å². The number of unbranched alkanes of at least 4 members (excludes halogenated alkanes) is 1. The van der Waals surface area contributed by atoms with E-state index in [0.29, 0.717) is 19.4 Å². The Balaban J connectivity index is 2.93. The molecule has 1 aliphatic rings. The highest BCUT2D eigenvalue weighted by Gasteiger charge is 2.51. The third-order valence-corrected chi connectivity index (χ3v) is 4.20. The van der Waals surface area contributed by atoms with Crippen molar-refractivity contribution >= 4 is 28.0 Å². The molecule has 0 radical (unpaired) electrons. The summed E-state index contributed by atoms with van der Waals surface area (Å²) in [5, 5.41) is 0.886. The number of rotatable bonds is 5. The maximum Gasteiger partial charge on any atom is 0.411 e. The maximum atomic E-state index is 12.4. The molecule has 0 spiro atoms. The van der Waals surface area contributed by atoms with Crippen LogP contribution in [0.5, 0.6) is 0 Å². The molecule has 1 saturated heterocycles. The van der Waals surface area contributed by atoms with Crippen LogP contribution in [0.3, 0.4) is 0 Å². The number of hydrogen-bond acceptors (Lipinski definition) is 4. The highest BCUT2D eigenvalue weighted by molar-refractivity contribution is 9.09. The Morgan fingerprint density at radius 1 is 1.29 bits per heavy atom. The fourth-order valence-corrected chi connectivity index (χ4v) is 3.13. The summed E-state index contributed by atoms with van der Waals surface area (Å²) in [6, 6.07) is 0. The molecule has 6 heteroatoms. The molecule has 0 N–H and O–H groups in total. The second-order valence-corrected chi connectivity index (χ2v) is 7.20. The van der Waals surface area contributed by atoms with Crippen molar-refractivity contribution in [2.24, 2.45) is 0 Å². The molecule has 0 aliphatic carbocycles. The van der Waals surface area contributed by atoms with Gasteiger partial charge in [0.25, 0.3) is 0 Å². The smallest absolute Gasteiger partial charge is 0.411 e. The van der Waals surface area contributed by atoms with E-state index in [2.05, 4.69) is 15.9 Å². The third kappa shape index (κ3) is 4.59. The number of ether oxygens (including phenoxy) is 2. The van der Waals surface area contributed by atoms with E-state index in [-0.39, 0.29) is 5.97 Å². The van der Waals surface area contributed by atoms with Crippen LogP contribution in [0.25, 0.3) is 0 Å². The van der Waals surface area contributed by atoms with Gasteiger partial charge in [0.15, 0.2) is 0 Å². The van der Waals surface area contributed by atoms with Gasteiger partial charge in [-0.2, -0.15) is 0 Å². The normalized spacial score (nSPS) is 22.2. The highest BCUT2D eigenvalue weighted by atomic mass is 79.9. The van der Waals surface area contributed by atoms with Gasteiger partial charge in [0, 0.05) is 11.9 Å². The van der Waals surface area contributed by atoms with E-state index in [4.69, 9.17) is 9.47 Å². The monoisotopic (exact) mass is 363 g/mol. The molecule has 1 rings (SSSR count). The molecular formula is C15H26BrNO4. The van der Waals surface area contributed by atoms with Gasteiger partial charge in [-0.25, -0.2) is 9.59 Å². The molecule has 1 aliphatic heterocycles. The predicted molar refractivity (Wildman–Crippen MR) is 84.6 cm³/mol. The first-order valence-electron chi connectivity index (χ1n) is 7.42. The number of alkyl halides is 1.